The highest BCUT2D eigenvalue weighted by molar-refractivity contribution is 14.0. The molecule has 0 unspecified atom stereocenters. The summed E-state index contributed by atoms with van der Waals surface area (Å²) in [5.41, 5.74) is 3.49. The zero-order chi connectivity index (χ0) is 19.8. The Morgan fingerprint density at radius 3 is 2.76 bits per heavy atom. The standard InChI is InChI=1S/C20H27N7S.HI/c1-4-22-20(24-10-19-26-18(12-28-19)15(2)3)23-9-16-6-5-7-17(8-16)11-27-14-21-13-25-27;/h5-8,12-15H,4,9-11H2,1-3H3,(H2,22,23,24);1H. The van der Waals surface area contributed by atoms with Crippen molar-refractivity contribution in [2.75, 3.05) is 6.54 Å². The van der Waals surface area contributed by atoms with Gasteiger partial charge in [-0.2, -0.15) is 5.10 Å². The SMILES string of the molecule is CCNC(=NCc1cccc(Cn2cncn2)c1)NCc1nc(C(C)C)cs1.I. The summed E-state index contributed by atoms with van der Waals surface area (Å²) in [7, 11) is 0. The molecule has 3 aromatic rings. The monoisotopic (exact) mass is 525 g/mol. The molecule has 0 saturated carbocycles. The minimum atomic E-state index is 0. The molecule has 156 valence electrons. The van der Waals surface area contributed by atoms with Crippen molar-refractivity contribution < 1.29 is 0 Å². The van der Waals surface area contributed by atoms with Crippen LogP contribution < -0.4 is 10.6 Å². The molecule has 0 saturated heterocycles. The molecule has 2 N–H and O–H groups in total. The van der Waals surface area contributed by atoms with Crippen LogP contribution in [0, 0.1) is 0 Å². The molecule has 0 aliphatic carbocycles. The highest BCUT2D eigenvalue weighted by atomic mass is 127. The molecule has 0 aliphatic rings. The Balaban J connectivity index is 0.00000300. The minimum Gasteiger partial charge on any atom is -0.357 e. The molecule has 2 heterocycles. The third kappa shape index (κ3) is 7.39. The van der Waals surface area contributed by atoms with Crippen molar-refractivity contribution in [3.05, 3.63) is 64.1 Å². The van der Waals surface area contributed by atoms with Crippen molar-refractivity contribution in [3.63, 3.8) is 0 Å². The predicted molar refractivity (Wildman–Crippen MR) is 129 cm³/mol. The summed E-state index contributed by atoms with van der Waals surface area (Å²) in [6.45, 7) is 9.19. The average Bonchev–Trinajstić information content (AvgIpc) is 3.36. The summed E-state index contributed by atoms with van der Waals surface area (Å²) in [5, 5.41) is 14.0. The van der Waals surface area contributed by atoms with E-state index < -0.39 is 0 Å². The first-order chi connectivity index (χ1) is 13.6. The summed E-state index contributed by atoms with van der Waals surface area (Å²) in [5.74, 6) is 1.25. The highest BCUT2D eigenvalue weighted by Crippen LogP contribution is 2.17. The fourth-order valence-electron chi connectivity index (χ4n) is 2.67. The maximum Gasteiger partial charge on any atom is 0.191 e. The molecule has 0 atom stereocenters. The molecular formula is C20H28IN7S. The van der Waals surface area contributed by atoms with E-state index in [1.807, 2.05) is 4.68 Å². The van der Waals surface area contributed by atoms with Crippen molar-refractivity contribution in [3.8, 4) is 0 Å². The van der Waals surface area contributed by atoms with Gasteiger partial charge in [0.2, 0.25) is 0 Å². The lowest BCUT2D eigenvalue weighted by Gasteiger charge is -2.10. The number of nitrogens with zero attached hydrogens (tertiary/aromatic N) is 5. The van der Waals surface area contributed by atoms with Gasteiger partial charge in [0.1, 0.15) is 17.7 Å². The minimum absolute atomic E-state index is 0. The van der Waals surface area contributed by atoms with Crippen molar-refractivity contribution in [2.24, 2.45) is 4.99 Å². The van der Waals surface area contributed by atoms with E-state index in [4.69, 9.17) is 4.99 Å². The fourth-order valence-corrected chi connectivity index (χ4v) is 3.57. The summed E-state index contributed by atoms with van der Waals surface area (Å²) in [6.07, 6.45) is 3.27. The van der Waals surface area contributed by atoms with Gasteiger partial charge >= 0.3 is 0 Å². The van der Waals surface area contributed by atoms with Crippen LogP contribution in [0.4, 0.5) is 0 Å². The predicted octanol–water partition coefficient (Wildman–Crippen LogP) is 3.78. The van der Waals surface area contributed by atoms with Gasteiger partial charge < -0.3 is 10.6 Å². The third-order valence-electron chi connectivity index (χ3n) is 4.13. The largest absolute Gasteiger partial charge is 0.357 e. The van der Waals surface area contributed by atoms with Gasteiger partial charge in [-0.3, -0.25) is 0 Å². The van der Waals surface area contributed by atoms with Gasteiger partial charge in [0, 0.05) is 11.9 Å². The Kier molecular flexibility index (Phi) is 9.52. The summed E-state index contributed by atoms with van der Waals surface area (Å²) >= 11 is 1.69. The number of aliphatic imine (C=N–C) groups is 1. The molecule has 0 radical (unpaired) electrons. The number of thiazole rings is 1. The van der Waals surface area contributed by atoms with Crippen molar-refractivity contribution in [1.82, 2.24) is 30.4 Å². The average molecular weight is 525 g/mol. The quantitative estimate of drug-likeness (QED) is 0.266. The summed E-state index contributed by atoms with van der Waals surface area (Å²) < 4.78 is 1.81. The lowest BCUT2D eigenvalue weighted by Crippen LogP contribution is -2.36. The molecule has 0 bridgehead atoms. The van der Waals surface area contributed by atoms with Crippen LogP contribution in [0.15, 0.2) is 47.3 Å². The molecule has 0 amide bonds. The topological polar surface area (TPSA) is 80.0 Å². The number of halogens is 1. The Labute approximate surface area is 193 Å². The first kappa shape index (κ1) is 23.3. The zero-order valence-corrected chi connectivity index (χ0v) is 20.1. The molecule has 0 fully saturated rings. The number of hydrogen-bond acceptors (Lipinski definition) is 5. The van der Waals surface area contributed by atoms with Crippen LogP contribution >= 0.6 is 35.3 Å². The highest BCUT2D eigenvalue weighted by Gasteiger charge is 2.06. The van der Waals surface area contributed by atoms with Gasteiger partial charge in [-0.25, -0.2) is 19.6 Å². The van der Waals surface area contributed by atoms with Crippen molar-refractivity contribution in [2.45, 2.75) is 46.3 Å². The molecule has 29 heavy (non-hydrogen) atoms. The van der Waals surface area contributed by atoms with Gasteiger partial charge in [0.15, 0.2) is 5.96 Å². The number of nitrogens with one attached hydrogen (secondary N) is 2. The Bertz CT molecular complexity index is 890. The van der Waals surface area contributed by atoms with E-state index in [0.717, 1.165) is 28.8 Å². The van der Waals surface area contributed by atoms with Crippen LogP contribution in [0.25, 0.3) is 0 Å². The molecule has 1 aromatic carbocycles. The normalized spacial score (nSPS) is 11.4. The molecule has 7 nitrogen and oxygen atoms in total. The van der Waals surface area contributed by atoms with Crippen LogP contribution in [0.3, 0.4) is 0 Å². The van der Waals surface area contributed by atoms with Crippen molar-refractivity contribution in [1.29, 1.82) is 0 Å². The first-order valence-corrected chi connectivity index (χ1v) is 10.4. The maximum absolute atomic E-state index is 4.72. The van der Waals surface area contributed by atoms with Crippen LogP contribution in [0.5, 0.6) is 0 Å². The van der Waals surface area contributed by atoms with Gasteiger partial charge in [-0.05, 0) is 24.0 Å². The number of guanidine groups is 1. The Morgan fingerprint density at radius 2 is 2.07 bits per heavy atom. The smallest absolute Gasteiger partial charge is 0.191 e. The zero-order valence-electron chi connectivity index (χ0n) is 17.0. The molecule has 9 heteroatoms. The van der Waals surface area contributed by atoms with E-state index in [1.165, 1.54) is 5.56 Å². The summed E-state index contributed by atoms with van der Waals surface area (Å²) in [6, 6.07) is 8.39. The fraction of sp³-hybridized carbons (Fsp3) is 0.400. The number of aromatic nitrogens is 4. The van der Waals surface area contributed by atoms with Gasteiger partial charge in [0.05, 0.1) is 25.3 Å². The molecule has 3 rings (SSSR count). The second kappa shape index (κ2) is 11.9. The van der Waals surface area contributed by atoms with Crippen LogP contribution in [0.2, 0.25) is 0 Å². The van der Waals surface area contributed by atoms with Crippen molar-refractivity contribution >= 4 is 41.3 Å². The van der Waals surface area contributed by atoms with E-state index in [2.05, 4.69) is 76.1 Å². The number of rotatable bonds is 8. The summed E-state index contributed by atoms with van der Waals surface area (Å²) in [4.78, 5) is 13.4. The van der Waals surface area contributed by atoms with Crippen LogP contribution in [-0.4, -0.2) is 32.3 Å². The third-order valence-corrected chi connectivity index (χ3v) is 5.00. The van der Waals surface area contributed by atoms with Gasteiger partial charge in [-0.1, -0.05) is 38.1 Å². The van der Waals surface area contributed by atoms with Crippen LogP contribution in [-0.2, 0) is 19.6 Å². The van der Waals surface area contributed by atoms with E-state index >= 15 is 0 Å². The molecule has 0 aliphatic heterocycles. The Hall–Kier alpha value is -2.01. The van der Waals surface area contributed by atoms with Gasteiger partial charge in [0.25, 0.3) is 0 Å². The van der Waals surface area contributed by atoms with E-state index in [9.17, 15) is 0 Å². The molecular weight excluding hydrogens is 497 g/mol. The molecule has 0 spiro atoms. The number of benzene rings is 1. The second-order valence-electron chi connectivity index (χ2n) is 6.78. The number of hydrogen-bond donors (Lipinski definition) is 2. The van der Waals surface area contributed by atoms with E-state index in [-0.39, 0.29) is 24.0 Å². The van der Waals surface area contributed by atoms with Gasteiger partial charge in [-0.15, -0.1) is 35.3 Å². The Morgan fingerprint density at radius 1 is 1.24 bits per heavy atom. The lowest BCUT2D eigenvalue weighted by atomic mass is 10.1. The lowest BCUT2D eigenvalue weighted by molar-refractivity contribution is 0.684. The molecule has 2 aromatic heterocycles. The van der Waals surface area contributed by atoms with E-state index in [0.29, 0.717) is 25.6 Å². The maximum atomic E-state index is 4.72. The second-order valence-corrected chi connectivity index (χ2v) is 7.73. The van der Waals surface area contributed by atoms with E-state index in [1.54, 1.807) is 24.0 Å². The van der Waals surface area contributed by atoms with Crippen LogP contribution in [0.1, 0.15) is 48.5 Å². The first-order valence-electron chi connectivity index (χ1n) is 9.50.